The number of amides is 2. The van der Waals surface area contributed by atoms with E-state index >= 15 is 0 Å². The Hall–Kier alpha value is -1.69. The van der Waals surface area contributed by atoms with E-state index < -0.39 is 23.1 Å². The number of halogens is 3. The Kier molecular flexibility index (Phi) is 8.86. The summed E-state index contributed by atoms with van der Waals surface area (Å²) in [4.78, 5) is 25.9. The molecule has 0 radical (unpaired) electrons. The van der Waals surface area contributed by atoms with Gasteiger partial charge in [-0.2, -0.15) is 0 Å². The number of carbonyl (C=O) groups is 2. The molecule has 0 aliphatic carbocycles. The minimum Gasteiger partial charge on any atom is -0.348 e. The second-order valence-electron chi connectivity index (χ2n) is 8.21. The maximum atomic E-state index is 14.5. The van der Waals surface area contributed by atoms with Crippen molar-refractivity contribution in [1.29, 1.82) is 0 Å². The van der Waals surface area contributed by atoms with E-state index in [0.717, 1.165) is 12.1 Å². The van der Waals surface area contributed by atoms with Gasteiger partial charge in [0.05, 0.1) is 11.1 Å². The van der Waals surface area contributed by atoms with E-state index in [2.05, 4.69) is 5.32 Å². The fourth-order valence-corrected chi connectivity index (χ4v) is 3.24. The molecule has 1 aromatic carbocycles. The zero-order valence-electron chi connectivity index (χ0n) is 17.5. The maximum Gasteiger partial charge on any atom is 0.223 e. The lowest BCUT2D eigenvalue weighted by molar-refractivity contribution is -0.128. The molecule has 0 bridgehead atoms. The lowest BCUT2D eigenvalue weighted by atomic mass is 9.81. The Morgan fingerprint density at radius 3 is 2.36 bits per heavy atom. The molecule has 0 saturated heterocycles. The molecular weight excluding hydrogens is 386 g/mol. The smallest absolute Gasteiger partial charge is 0.223 e. The van der Waals surface area contributed by atoms with Crippen LogP contribution in [0.1, 0.15) is 66.0 Å². The van der Waals surface area contributed by atoms with Gasteiger partial charge < -0.3 is 10.2 Å². The molecule has 0 aromatic heterocycles. The van der Waals surface area contributed by atoms with Crippen molar-refractivity contribution in [2.24, 2.45) is 11.3 Å². The molecule has 0 fully saturated rings. The lowest BCUT2D eigenvalue weighted by Crippen LogP contribution is -2.40. The van der Waals surface area contributed by atoms with Crippen LogP contribution in [0.2, 0.25) is 5.02 Å². The number of hydrogen-bond acceptors (Lipinski definition) is 2. The molecular formula is C21H31ClF2N2O2. The first kappa shape index (κ1) is 24.3. The number of nitrogens with one attached hydrogen (secondary N) is 1. The van der Waals surface area contributed by atoms with Crippen LogP contribution in [0.15, 0.2) is 12.1 Å². The fraction of sp³-hybridized carbons (Fsp3) is 0.619. The highest BCUT2D eigenvalue weighted by Gasteiger charge is 2.34. The highest BCUT2D eigenvalue weighted by molar-refractivity contribution is 6.30. The molecule has 0 heterocycles. The number of benzene rings is 1. The molecule has 28 heavy (non-hydrogen) atoms. The van der Waals surface area contributed by atoms with E-state index in [1.54, 1.807) is 32.6 Å². The van der Waals surface area contributed by atoms with Crippen LogP contribution in [-0.4, -0.2) is 29.8 Å². The molecule has 2 amide bonds. The summed E-state index contributed by atoms with van der Waals surface area (Å²) in [5.74, 6) is -2.24. The maximum absolute atomic E-state index is 14.5. The molecule has 0 aliphatic rings. The van der Waals surface area contributed by atoms with Crippen molar-refractivity contribution >= 4 is 23.4 Å². The normalized spacial score (nSPS) is 13.8. The Bertz CT molecular complexity index is 704. The summed E-state index contributed by atoms with van der Waals surface area (Å²) in [7, 11) is 0. The van der Waals surface area contributed by atoms with Gasteiger partial charge in [-0.3, -0.25) is 9.59 Å². The summed E-state index contributed by atoms with van der Waals surface area (Å²) < 4.78 is 28.9. The number of rotatable bonds is 8. The third kappa shape index (κ3) is 6.43. The van der Waals surface area contributed by atoms with Gasteiger partial charge in [0.15, 0.2) is 0 Å². The number of nitrogens with zero attached hydrogens (tertiary/aromatic N) is 1. The Balaban J connectivity index is 2.90. The van der Waals surface area contributed by atoms with Gasteiger partial charge in [0.25, 0.3) is 0 Å². The monoisotopic (exact) mass is 416 g/mol. The average Bonchev–Trinajstić information content (AvgIpc) is 2.59. The van der Waals surface area contributed by atoms with Crippen molar-refractivity contribution in [3.05, 3.63) is 34.4 Å². The zero-order chi connectivity index (χ0) is 21.6. The highest BCUT2D eigenvalue weighted by atomic mass is 35.5. The van der Waals surface area contributed by atoms with E-state index in [1.165, 1.54) is 6.92 Å². The quantitative estimate of drug-likeness (QED) is 0.599. The first-order valence-electron chi connectivity index (χ1n) is 9.59. The molecule has 1 N–H and O–H groups in total. The van der Waals surface area contributed by atoms with E-state index in [4.69, 9.17) is 11.6 Å². The summed E-state index contributed by atoms with van der Waals surface area (Å²) in [6.07, 6.45) is 1.23. The van der Waals surface area contributed by atoms with Gasteiger partial charge >= 0.3 is 0 Å². The minimum atomic E-state index is -0.870. The molecule has 7 heteroatoms. The molecule has 0 aliphatic heterocycles. The van der Waals surface area contributed by atoms with Crippen molar-refractivity contribution in [1.82, 2.24) is 10.2 Å². The summed E-state index contributed by atoms with van der Waals surface area (Å²) >= 11 is 5.83. The summed E-state index contributed by atoms with van der Waals surface area (Å²) in [5.41, 5.74) is -0.857. The van der Waals surface area contributed by atoms with Crippen LogP contribution in [0.25, 0.3) is 0 Å². The largest absolute Gasteiger partial charge is 0.348 e. The van der Waals surface area contributed by atoms with Gasteiger partial charge in [-0.25, -0.2) is 8.78 Å². The predicted octanol–water partition coefficient (Wildman–Crippen LogP) is 5.11. The van der Waals surface area contributed by atoms with Crippen LogP contribution in [0.3, 0.4) is 0 Å². The van der Waals surface area contributed by atoms with Crippen molar-refractivity contribution < 1.29 is 18.4 Å². The van der Waals surface area contributed by atoms with Crippen LogP contribution in [0.5, 0.6) is 0 Å². The summed E-state index contributed by atoms with van der Waals surface area (Å²) in [6.45, 7) is 11.8. The molecule has 2 atom stereocenters. The van der Waals surface area contributed by atoms with Crippen LogP contribution in [0, 0.1) is 23.0 Å². The van der Waals surface area contributed by atoms with E-state index in [-0.39, 0.29) is 28.3 Å². The van der Waals surface area contributed by atoms with Crippen molar-refractivity contribution in [3.8, 4) is 0 Å². The Morgan fingerprint density at radius 2 is 1.86 bits per heavy atom. The van der Waals surface area contributed by atoms with Crippen molar-refractivity contribution in [2.45, 2.75) is 60.4 Å². The summed E-state index contributed by atoms with van der Waals surface area (Å²) in [6, 6.07) is 1.40. The van der Waals surface area contributed by atoms with E-state index in [0.29, 0.717) is 25.9 Å². The van der Waals surface area contributed by atoms with Crippen LogP contribution in [-0.2, 0) is 9.59 Å². The van der Waals surface area contributed by atoms with Crippen LogP contribution >= 0.6 is 11.6 Å². The van der Waals surface area contributed by atoms with Gasteiger partial charge in [-0.1, -0.05) is 39.3 Å². The first-order chi connectivity index (χ1) is 12.9. The van der Waals surface area contributed by atoms with Gasteiger partial charge in [0.2, 0.25) is 11.8 Å². The highest BCUT2D eigenvalue weighted by Crippen LogP contribution is 2.37. The summed E-state index contributed by atoms with van der Waals surface area (Å²) in [5, 5.41) is 2.62. The zero-order valence-corrected chi connectivity index (χ0v) is 18.3. The topological polar surface area (TPSA) is 49.4 Å². The Morgan fingerprint density at radius 1 is 1.25 bits per heavy atom. The SMILES string of the molecule is CCN(CCC[C@H](C)C(=O)N[C@H](c1c(F)ccc(Cl)c1F)C(C)(C)C)C(C)=O. The van der Waals surface area contributed by atoms with Crippen LogP contribution in [0.4, 0.5) is 8.78 Å². The minimum absolute atomic E-state index is 0.000641. The van der Waals surface area contributed by atoms with Crippen molar-refractivity contribution in [2.75, 3.05) is 13.1 Å². The third-order valence-electron chi connectivity index (χ3n) is 4.86. The fourth-order valence-electron chi connectivity index (χ4n) is 3.07. The van der Waals surface area contributed by atoms with Crippen LogP contribution < -0.4 is 5.32 Å². The van der Waals surface area contributed by atoms with Gasteiger partial charge in [-0.05, 0) is 37.3 Å². The lowest BCUT2D eigenvalue weighted by Gasteiger charge is -2.33. The van der Waals surface area contributed by atoms with E-state index in [9.17, 15) is 18.4 Å². The second-order valence-corrected chi connectivity index (χ2v) is 8.61. The van der Waals surface area contributed by atoms with E-state index in [1.807, 2.05) is 6.92 Å². The average molecular weight is 417 g/mol. The standard InChI is InChI=1S/C21H31ClF2N2O2/c1-7-26(14(3)27)12-8-9-13(2)20(28)25-19(21(4,5)6)17-16(23)11-10-15(22)18(17)24/h10-11,13,19H,7-9,12H2,1-6H3,(H,25,28)/t13-,19+/m0/s1. The molecule has 0 unspecified atom stereocenters. The molecule has 0 saturated carbocycles. The van der Waals surface area contributed by atoms with Crippen molar-refractivity contribution in [3.63, 3.8) is 0 Å². The molecule has 158 valence electrons. The number of carbonyl (C=O) groups excluding carboxylic acids is 2. The third-order valence-corrected chi connectivity index (χ3v) is 5.15. The molecule has 1 aromatic rings. The van der Waals surface area contributed by atoms with Gasteiger partial charge in [-0.15, -0.1) is 0 Å². The van der Waals surface area contributed by atoms with Gasteiger partial charge in [0, 0.05) is 31.5 Å². The molecule has 0 spiro atoms. The Labute approximate surface area is 171 Å². The molecule has 1 rings (SSSR count). The first-order valence-corrected chi connectivity index (χ1v) is 9.97. The second kappa shape index (κ2) is 10.2. The molecule has 4 nitrogen and oxygen atoms in total. The number of hydrogen-bond donors (Lipinski definition) is 1. The van der Waals surface area contributed by atoms with Gasteiger partial charge in [0.1, 0.15) is 11.6 Å². The predicted molar refractivity (Wildman–Crippen MR) is 108 cm³/mol.